The van der Waals surface area contributed by atoms with Gasteiger partial charge in [-0.3, -0.25) is 0 Å². The lowest BCUT2D eigenvalue weighted by atomic mass is 10.0. The standard InChI is InChI=1S/C14H26N6/c1-10(2)14-16-12(18-15)9-13(17-14)20(4)11-5-7-19(3)8-6-11/h9-11H,5-8,15H2,1-4H3,(H,16,17,18). The smallest absolute Gasteiger partial charge is 0.145 e. The van der Waals surface area contributed by atoms with Crippen molar-refractivity contribution in [3.05, 3.63) is 11.9 Å². The Balaban J connectivity index is 2.20. The van der Waals surface area contributed by atoms with E-state index in [-0.39, 0.29) is 5.92 Å². The van der Waals surface area contributed by atoms with Crippen LogP contribution in [0.15, 0.2) is 6.07 Å². The number of anilines is 2. The van der Waals surface area contributed by atoms with Gasteiger partial charge in [-0.15, -0.1) is 0 Å². The van der Waals surface area contributed by atoms with Crippen molar-refractivity contribution >= 4 is 11.6 Å². The Bertz CT molecular complexity index is 439. The van der Waals surface area contributed by atoms with E-state index in [2.05, 4.69) is 53.1 Å². The molecule has 0 aromatic carbocycles. The van der Waals surface area contributed by atoms with E-state index in [0.29, 0.717) is 11.9 Å². The van der Waals surface area contributed by atoms with Crippen LogP contribution < -0.4 is 16.2 Å². The Morgan fingerprint density at radius 1 is 1.35 bits per heavy atom. The predicted octanol–water partition coefficient (Wildman–Crippen LogP) is 1.42. The van der Waals surface area contributed by atoms with Crippen LogP contribution in [-0.2, 0) is 0 Å². The topological polar surface area (TPSA) is 70.3 Å². The fourth-order valence-corrected chi connectivity index (χ4v) is 2.53. The van der Waals surface area contributed by atoms with E-state index in [4.69, 9.17) is 5.84 Å². The van der Waals surface area contributed by atoms with Crippen LogP contribution in [0, 0.1) is 0 Å². The summed E-state index contributed by atoms with van der Waals surface area (Å²) in [6.07, 6.45) is 2.33. The minimum atomic E-state index is 0.285. The molecule has 1 saturated heterocycles. The third-order valence-electron chi connectivity index (χ3n) is 3.99. The molecule has 20 heavy (non-hydrogen) atoms. The molecular weight excluding hydrogens is 252 g/mol. The van der Waals surface area contributed by atoms with E-state index >= 15 is 0 Å². The highest BCUT2D eigenvalue weighted by Crippen LogP contribution is 2.23. The Morgan fingerprint density at radius 3 is 2.55 bits per heavy atom. The number of nitrogens with two attached hydrogens (primary N) is 1. The summed E-state index contributed by atoms with van der Waals surface area (Å²) in [5.74, 6) is 8.26. The predicted molar refractivity (Wildman–Crippen MR) is 82.9 cm³/mol. The first-order valence-corrected chi connectivity index (χ1v) is 7.28. The largest absolute Gasteiger partial charge is 0.356 e. The van der Waals surface area contributed by atoms with Gasteiger partial charge in [-0.05, 0) is 33.0 Å². The number of nitrogens with zero attached hydrogens (tertiary/aromatic N) is 4. The number of nitrogens with one attached hydrogen (secondary N) is 1. The number of aromatic nitrogens is 2. The van der Waals surface area contributed by atoms with Gasteiger partial charge < -0.3 is 15.2 Å². The lowest BCUT2D eigenvalue weighted by molar-refractivity contribution is 0.252. The van der Waals surface area contributed by atoms with Crippen molar-refractivity contribution in [2.24, 2.45) is 5.84 Å². The summed E-state index contributed by atoms with van der Waals surface area (Å²) in [5, 5.41) is 0. The molecule has 6 nitrogen and oxygen atoms in total. The van der Waals surface area contributed by atoms with Gasteiger partial charge in [0.2, 0.25) is 0 Å². The molecule has 0 spiro atoms. The van der Waals surface area contributed by atoms with Crippen LogP contribution in [0.4, 0.5) is 11.6 Å². The summed E-state index contributed by atoms with van der Waals surface area (Å²) in [4.78, 5) is 13.7. The number of rotatable bonds is 4. The molecule has 0 bridgehead atoms. The molecule has 0 unspecified atom stereocenters. The minimum absolute atomic E-state index is 0.285. The first-order chi connectivity index (χ1) is 9.51. The van der Waals surface area contributed by atoms with Gasteiger partial charge in [0.05, 0.1) is 0 Å². The molecule has 0 amide bonds. The van der Waals surface area contributed by atoms with E-state index < -0.39 is 0 Å². The maximum atomic E-state index is 5.52. The van der Waals surface area contributed by atoms with E-state index in [9.17, 15) is 0 Å². The maximum Gasteiger partial charge on any atom is 0.145 e. The number of hydrogen-bond donors (Lipinski definition) is 2. The second-order valence-corrected chi connectivity index (χ2v) is 5.91. The van der Waals surface area contributed by atoms with Gasteiger partial charge in [0.25, 0.3) is 0 Å². The van der Waals surface area contributed by atoms with Crippen LogP contribution in [0.2, 0.25) is 0 Å². The van der Waals surface area contributed by atoms with Gasteiger partial charge in [-0.2, -0.15) is 0 Å². The van der Waals surface area contributed by atoms with Gasteiger partial charge >= 0.3 is 0 Å². The summed E-state index contributed by atoms with van der Waals surface area (Å²) in [6.45, 7) is 6.46. The van der Waals surface area contributed by atoms with Crippen molar-refractivity contribution in [3.8, 4) is 0 Å². The third kappa shape index (κ3) is 3.37. The molecule has 0 atom stereocenters. The summed E-state index contributed by atoms with van der Waals surface area (Å²) < 4.78 is 0. The quantitative estimate of drug-likeness (QED) is 0.641. The molecule has 0 radical (unpaired) electrons. The number of likely N-dealkylation sites (tertiary alicyclic amines) is 1. The lowest BCUT2D eigenvalue weighted by Crippen LogP contribution is -2.42. The zero-order valence-corrected chi connectivity index (χ0v) is 12.9. The molecule has 1 fully saturated rings. The highest BCUT2D eigenvalue weighted by atomic mass is 15.3. The van der Waals surface area contributed by atoms with Gasteiger partial charge in [-0.25, -0.2) is 15.8 Å². The summed E-state index contributed by atoms with van der Waals surface area (Å²) >= 11 is 0. The zero-order chi connectivity index (χ0) is 14.7. The minimum Gasteiger partial charge on any atom is -0.356 e. The van der Waals surface area contributed by atoms with Gasteiger partial charge in [0.1, 0.15) is 17.5 Å². The van der Waals surface area contributed by atoms with Crippen LogP contribution in [0.1, 0.15) is 38.4 Å². The van der Waals surface area contributed by atoms with Crippen molar-refractivity contribution in [3.63, 3.8) is 0 Å². The molecule has 1 aromatic heterocycles. The SMILES string of the molecule is CC(C)c1nc(NN)cc(N(C)C2CCN(C)CC2)n1. The Kier molecular flexibility index (Phi) is 4.77. The Labute approximate surface area is 121 Å². The van der Waals surface area contributed by atoms with Crippen LogP contribution in [-0.4, -0.2) is 48.1 Å². The Hall–Kier alpha value is -1.40. The molecule has 6 heteroatoms. The van der Waals surface area contributed by atoms with E-state index in [0.717, 1.165) is 24.7 Å². The molecule has 1 aromatic rings. The van der Waals surface area contributed by atoms with Crippen LogP contribution >= 0.6 is 0 Å². The van der Waals surface area contributed by atoms with E-state index in [1.165, 1.54) is 12.8 Å². The second kappa shape index (κ2) is 6.37. The second-order valence-electron chi connectivity index (χ2n) is 5.91. The molecule has 0 saturated carbocycles. The van der Waals surface area contributed by atoms with Gasteiger partial charge in [0.15, 0.2) is 0 Å². The Morgan fingerprint density at radius 2 is 2.00 bits per heavy atom. The summed E-state index contributed by atoms with van der Waals surface area (Å²) in [6, 6.07) is 2.45. The normalized spacial score (nSPS) is 17.5. The van der Waals surface area contributed by atoms with Crippen LogP contribution in [0.5, 0.6) is 0 Å². The molecule has 112 valence electrons. The molecule has 2 rings (SSSR count). The van der Waals surface area contributed by atoms with Crippen molar-refractivity contribution in [1.29, 1.82) is 0 Å². The number of nitrogen functional groups attached to an aromatic ring is 1. The van der Waals surface area contributed by atoms with Crippen molar-refractivity contribution < 1.29 is 0 Å². The summed E-state index contributed by atoms with van der Waals surface area (Å²) in [5.41, 5.74) is 2.64. The number of hydrogen-bond acceptors (Lipinski definition) is 6. The van der Waals surface area contributed by atoms with E-state index in [1.54, 1.807) is 0 Å². The zero-order valence-electron chi connectivity index (χ0n) is 12.9. The summed E-state index contributed by atoms with van der Waals surface area (Å²) in [7, 11) is 4.29. The average molecular weight is 278 g/mol. The molecule has 1 aliphatic rings. The maximum absolute atomic E-state index is 5.52. The fraction of sp³-hybridized carbons (Fsp3) is 0.714. The number of piperidine rings is 1. The van der Waals surface area contributed by atoms with E-state index in [1.807, 2.05) is 6.07 Å². The molecule has 0 aliphatic carbocycles. The first kappa shape index (κ1) is 15.0. The van der Waals surface area contributed by atoms with Crippen molar-refractivity contribution in [2.75, 3.05) is 37.5 Å². The average Bonchev–Trinajstić information content (AvgIpc) is 2.46. The monoisotopic (exact) mass is 278 g/mol. The molecular formula is C14H26N6. The molecule has 2 heterocycles. The van der Waals surface area contributed by atoms with Crippen LogP contribution in [0.3, 0.4) is 0 Å². The van der Waals surface area contributed by atoms with Crippen molar-refractivity contribution in [2.45, 2.75) is 38.6 Å². The lowest BCUT2D eigenvalue weighted by Gasteiger charge is -2.36. The molecule has 3 N–H and O–H groups in total. The third-order valence-corrected chi connectivity index (χ3v) is 3.99. The highest BCUT2D eigenvalue weighted by molar-refractivity contribution is 5.49. The fourth-order valence-electron chi connectivity index (χ4n) is 2.53. The molecule has 1 aliphatic heterocycles. The number of hydrazine groups is 1. The van der Waals surface area contributed by atoms with Gasteiger partial charge in [-0.1, -0.05) is 13.8 Å². The van der Waals surface area contributed by atoms with Crippen LogP contribution in [0.25, 0.3) is 0 Å². The van der Waals surface area contributed by atoms with Crippen molar-refractivity contribution in [1.82, 2.24) is 14.9 Å². The first-order valence-electron chi connectivity index (χ1n) is 7.28. The highest BCUT2D eigenvalue weighted by Gasteiger charge is 2.22. The van der Waals surface area contributed by atoms with Gasteiger partial charge in [0, 0.05) is 25.1 Å².